The van der Waals surface area contributed by atoms with E-state index in [-0.39, 0.29) is 0 Å². The van der Waals surface area contributed by atoms with Crippen molar-refractivity contribution in [1.82, 2.24) is 15.0 Å². The molecule has 0 bridgehead atoms. The molecule has 1 aromatic heterocycles. The quantitative estimate of drug-likeness (QED) is 0.886. The van der Waals surface area contributed by atoms with Crippen LogP contribution in [0.3, 0.4) is 0 Å². The molecule has 0 aliphatic heterocycles. The van der Waals surface area contributed by atoms with Gasteiger partial charge in [0.2, 0.25) is 5.95 Å². The van der Waals surface area contributed by atoms with Crippen LogP contribution < -0.4 is 5.32 Å². The minimum absolute atomic E-state index is 0.436. The molecule has 0 unspecified atom stereocenters. The van der Waals surface area contributed by atoms with Crippen molar-refractivity contribution in [1.29, 1.82) is 0 Å². The van der Waals surface area contributed by atoms with Crippen LogP contribution in [0.5, 0.6) is 0 Å². The van der Waals surface area contributed by atoms with E-state index < -0.39 is 0 Å². The number of nitrogens with one attached hydrogen (secondary N) is 1. The number of hydrogen-bond acceptors (Lipinski definition) is 4. The molecule has 1 aromatic rings. The number of anilines is 1. The molecule has 1 aliphatic rings. The van der Waals surface area contributed by atoms with Crippen LogP contribution in [0.2, 0.25) is 0 Å². The molecule has 0 aromatic carbocycles. The first-order valence-corrected chi connectivity index (χ1v) is 7.30. The average Bonchev–Trinajstić information content (AvgIpc) is 2.26. The van der Waals surface area contributed by atoms with Gasteiger partial charge in [-0.05, 0) is 50.9 Å². The van der Waals surface area contributed by atoms with E-state index in [1.807, 2.05) is 13.8 Å². The van der Waals surface area contributed by atoms with E-state index in [2.05, 4.69) is 41.0 Å². The number of nitrogens with zero attached hydrogens (tertiary/aromatic N) is 3. The van der Waals surface area contributed by atoms with Gasteiger partial charge in [-0.3, -0.25) is 0 Å². The minimum Gasteiger partial charge on any atom is -0.351 e. The SMILES string of the molecule is Cc1nc(C)nc(NC2CCC(C(C)(C)C)CC2)n1. The lowest BCUT2D eigenvalue weighted by Crippen LogP contribution is -2.32. The van der Waals surface area contributed by atoms with Gasteiger partial charge in [-0.15, -0.1) is 0 Å². The number of rotatable bonds is 2. The maximum atomic E-state index is 4.36. The topological polar surface area (TPSA) is 50.7 Å². The van der Waals surface area contributed by atoms with E-state index in [9.17, 15) is 0 Å². The third-order valence-corrected chi connectivity index (χ3v) is 4.14. The van der Waals surface area contributed by atoms with Gasteiger partial charge < -0.3 is 5.32 Å². The standard InChI is InChI=1S/C15H26N4/c1-10-16-11(2)18-14(17-10)19-13-8-6-12(7-9-13)15(3,4)5/h12-13H,6-9H2,1-5H3,(H,16,17,18,19). The predicted molar refractivity (Wildman–Crippen MR) is 78.1 cm³/mol. The van der Waals surface area contributed by atoms with E-state index in [1.165, 1.54) is 25.7 Å². The van der Waals surface area contributed by atoms with Gasteiger partial charge in [-0.2, -0.15) is 9.97 Å². The summed E-state index contributed by atoms with van der Waals surface area (Å²) >= 11 is 0. The Kier molecular flexibility index (Phi) is 4.07. The molecular formula is C15H26N4. The normalized spacial score (nSPS) is 24.3. The summed E-state index contributed by atoms with van der Waals surface area (Å²) in [5, 5.41) is 3.47. The fourth-order valence-electron chi connectivity index (χ4n) is 2.97. The summed E-state index contributed by atoms with van der Waals surface area (Å²) in [6, 6.07) is 0.514. The minimum atomic E-state index is 0.436. The van der Waals surface area contributed by atoms with Gasteiger partial charge in [0.15, 0.2) is 0 Å². The molecule has 0 amide bonds. The lowest BCUT2D eigenvalue weighted by Gasteiger charge is -2.37. The van der Waals surface area contributed by atoms with Gasteiger partial charge in [0, 0.05) is 6.04 Å². The van der Waals surface area contributed by atoms with Crippen molar-refractivity contribution in [2.75, 3.05) is 5.32 Å². The van der Waals surface area contributed by atoms with Gasteiger partial charge in [0.25, 0.3) is 0 Å². The van der Waals surface area contributed by atoms with Crippen LogP contribution in [0.25, 0.3) is 0 Å². The number of aryl methyl sites for hydroxylation is 2. The third kappa shape index (κ3) is 3.88. The van der Waals surface area contributed by atoms with Crippen molar-refractivity contribution >= 4 is 5.95 Å². The van der Waals surface area contributed by atoms with Crippen LogP contribution in [-0.2, 0) is 0 Å². The number of aromatic nitrogens is 3. The summed E-state index contributed by atoms with van der Waals surface area (Å²) in [6.45, 7) is 10.9. The average molecular weight is 262 g/mol. The second-order valence-electron chi connectivity index (χ2n) is 6.81. The summed E-state index contributed by atoms with van der Waals surface area (Å²) in [4.78, 5) is 12.9. The maximum Gasteiger partial charge on any atom is 0.226 e. The van der Waals surface area contributed by atoms with Gasteiger partial charge in [-0.1, -0.05) is 20.8 Å². The summed E-state index contributed by atoms with van der Waals surface area (Å²) in [5.74, 6) is 3.16. The van der Waals surface area contributed by atoms with E-state index >= 15 is 0 Å². The highest BCUT2D eigenvalue weighted by atomic mass is 15.2. The summed E-state index contributed by atoms with van der Waals surface area (Å²) in [6.07, 6.45) is 5.02. The molecule has 4 nitrogen and oxygen atoms in total. The summed E-state index contributed by atoms with van der Waals surface area (Å²) in [7, 11) is 0. The van der Waals surface area contributed by atoms with Crippen molar-refractivity contribution < 1.29 is 0 Å². The maximum absolute atomic E-state index is 4.36. The molecule has 0 saturated heterocycles. The highest BCUT2D eigenvalue weighted by molar-refractivity contribution is 5.26. The summed E-state index contributed by atoms with van der Waals surface area (Å²) < 4.78 is 0. The first kappa shape index (κ1) is 14.2. The lowest BCUT2D eigenvalue weighted by atomic mass is 9.71. The number of hydrogen-bond donors (Lipinski definition) is 1. The van der Waals surface area contributed by atoms with E-state index in [1.54, 1.807) is 0 Å². The molecule has 4 heteroatoms. The Bertz CT molecular complexity index is 408. The Labute approximate surface area is 116 Å². The zero-order valence-electron chi connectivity index (χ0n) is 12.8. The summed E-state index contributed by atoms with van der Waals surface area (Å²) in [5.41, 5.74) is 0.436. The Morgan fingerprint density at radius 3 is 1.89 bits per heavy atom. The fraction of sp³-hybridized carbons (Fsp3) is 0.800. The molecule has 1 heterocycles. The van der Waals surface area contributed by atoms with Crippen LogP contribution in [0.1, 0.15) is 58.1 Å². The largest absolute Gasteiger partial charge is 0.351 e. The molecule has 0 radical (unpaired) electrons. The van der Waals surface area contributed by atoms with Crippen LogP contribution in [-0.4, -0.2) is 21.0 Å². The second-order valence-corrected chi connectivity index (χ2v) is 6.81. The van der Waals surface area contributed by atoms with Crippen LogP contribution in [0.15, 0.2) is 0 Å². The van der Waals surface area contributed by atoms with Gasteiger partial charge in [-0.25, -0.2) is 4.98 Å². The van der Waals surface area contributed by atoms with Crippen LogP contribution in [0, 0.1) is 25.2 Å². The molecule has 19 heavy (non-hydrogen) atoms. The fourth-order valence-corrected chi connectivity index (χ4v) is 2.97. The van der Waals surface area contributed by atoms with Crippen molar-refractivity contribution in [3.63, 3.8) is 0 Å². The first-order chi connectivity index (χ1) is 8.84. The lowest BCUT2D eigenvalue weighted by molar-refractivity contribution is 0.173. The molecule has 1 aliphatic carbocycles. The third-order valence-electron chi connectivity index (χ3n) is 4.14. The highest BCUT2D eigenvalue weighted by Crippen LogP contribution is 2.38. The van der Waals surface area contributed by atoms with E-state index in [4.69, 9.17) is 0 Å². The van der Waals surface area contributed by atoms with Gasteiger partial charge in [0.05, 0.1) is 0 Å². The molecule has 1 N–H and O–H groups in total. The molecule has 106 valence electrons. The molecule has 1 saturated carbocycles. The zero-order valence-corrected chi connectivity index (χ0v) is 12.8. The first-order valence-electron chi connectivity index (χ1n) is 7.30. The van der Waals surface area contributed by atoms with Crippen molar-refractivity contribution in [3.8, 4) is 0 Å². The zero-order chi connectivity index (χ0) is 14.0. The van der Waals surface area contributed by atoms with E-state index in [0.717, 1.165) is 23.5 Å². The Hall–Kier alpha value is -1.19. The Balaban J connectivity index is 1.92. The van der Waals surface area contributed by atoms with Crippen LogP contribution in [0.4, 0.5) is 5.95 Å². The van der Waals surface area contributed by atoms with Gasteiger partial charge in [0.1, 0.15) is 11.6 Å². The van der Waals surface area contributed by atoms with E-state index in [0.29, 0.717) is 11.5 Å². The molecule has 1 fully saturated rings. The molecule has 0 spiro atoms. The monoisotopic (exact) mass is 262 g/mol. The van der Waals surface area contributed by atoms with Crippen molar-refractivity contribution in [3.05, 3.63) is 11.6 Å². The molecule has 2 rings (SSSR count). The molecule has 0 atom stereocenters. The predicted octanol–water partition coefficient (Wildman–Crippen LogP) is 3.51. The van der Waals surface area contributed by atoms with Crippen molar-refractivity contribution in [2.45, 2.75) is 66.3 Å². The Morgan fingerprint density at radius 2 is 1.42 bits per heavy atom. The van der Waals surface area contributed by atoms with Gasteiger partial charge >= 0.3 is 0 Å². The second kappa shape index (κ2) is 5.43. The smallest absolute Gasteiger partial charge is 0.226 e. The Morgan fingerprint density at radius 1 is 0.895 bits per heavy atom. The van der Waals surface area contributed by atoms with Crippen molar-refractivity contribution in [2.24, 2.45) is 11.3 Å². The van der Waals surface area contributed by atoms with Crippen LogP contribution >= 0.6 is 0 Å². The molecular weight excluding hydrogens is 236 g/mol. The highest BCUT2D eigenvalue weighted by Gasteiger charge is 2.29.